The van der Waals surface area contributed by atoms with Crippen LogP contribution in [0.25, 0.3) is 22.8 Å². The maximum atomic E-state index is 5.87. The highest BCUT2D eigenvalue weighted by Gasteiger charge is 2.04. The highest BCUT2D eigenvalue weighted by molar-refractivity contribution is 6.30. The fourth-order valence-electron chi connectivity index (χ4n) is 1.74. The van der Waals surface area contributed by atoms with E-state index < -0.39 is 0 Å². The van der Waals surface area contributed by atoms with Gasteiger partial charge in [-0.1, -0.05) is 23.7 Å². The zero-order chi connectivity index (χ0) is 12.4. The highest BCUT2D eigenvalue weighted by Crippen LogP contribution is 2.21. The molecule has 1 N–H and O–H groups in total. The van der Waals surface area contributed by atoms with Gasteiger partial charge < -0.3 is 4.98 Å². The summed E-state index contributed by atoms with van der Waals surface area (Å²) in [7, 11) is 0. The summed E-state index contributed by atoms with van der Waals surface area (Å²) in [5, 5.41) is 0.720. The molecule has 0 aliphatic rings. The normalized spacial score (nSPS) is 10.5. The first-order valence-electron chi connectivity index (χ1n) is 5.56. The SMILES string of the molecule is Clc1ccc(-c2ccnc(-c3ccc[nH]3)n2)cc1. The summed E-state index contributed by atoms with van der Waals surface area (Å²) in [6, 6.07) is 13.4. The molecular formula is C14H10ClN3. The molecule has 2 heterocycles. The average molecular weight is 256 g/mol. The number of nitrogens with zero attached hydrogens (tertiary/aromatic N) is 2. The predicted molar refractivity (Wildman–Crippen MR) is 72.3 cm³/mol. The summed E-state index contributed by atoms with van der Waals surface area (Å²) in [6.07, 6.45) is 3.61. The topological polar surface area (TPSA) is 41.6 Å². The monoisotopic (exact) mass is 255 g/mol. The van der Waals surface area contributed by atoms with Gasteiger partial charge in [0, 0.05) is 23.0 Å². The zero-order valence-electron chi connectivity index (χ0n) is 9.47. The molecule has 0 saturated carbocycles. The van der Waals surface area contributed by atoms with E-state index in [9.17, 15) is 0 Å². The van der Waals surface area contributed by atoms with Gasteiger partial charge in [-0.15, -0.1) is 0 Å². The van der Waals surface area contributed by atoms with E-state index in [4.69, 9.17) is 11.6 Å². The van der Waals surface area contributed by atoms with Crippen molar-refractivity contribution in [2.75, 3.05) is 0 Å². The molecule has 18 heavy (non-hydrogen) atoms. The van der Waals surface area contributed by atoms with Crippen molar-refractivity contribution in [3.63, 3.8) is 0 Å². The van der Waals surface area contributed by atoms with Crippen LogP contribution in [0.2, 0.25) is 5.02 Å². The number of benzene rings is 1. The number of aromatic amines is 1. The Bertz CT molecular complexity index is 645. The van der Waals surface area contributed by atoms with Crippen LogP contribution in [0.5, 0.6) is 0 Å². The van der Waals surface area contributed by atoms with Crippen LogP contribution in [-0.4, -0.2) is 15.0 Å². The molecule has 0 atom stereocenters. The van der Waals surface area contributed by atoms with Gasteiger partial charge in [-0.2, -0.15) is 0 Å². The summed E-state index contributed by atoms with van der Waals surface area (Å²) < 4.78 is 0. The minimum absolute atomic E-state index is 0.687. The van der Waals surface area contributed by atoms with Gasteiger partial charge in [-0.05, 0) is 30.3 Å². The Hall–Kier alpha value is -2.13. The van der Waals surface area contributed by atoms with E-state index in [1.807, 2.05) is 48.7 Å². The quantitative estimate of drug-likeness (QED) is 0.757. The summed E-state index contributed by atoms with van der Waals surface area (Å²) in [5.41, 5.74) is 2.81. The second-order valence-corrected chi connectivity index (χ2v) is 4.29. The molecule has 3 rings (SSSR count). The van der Waals surface area contributed by atoms with E-state index in [2.05, 4.69) is 15.0 Å². The zero-order valence-corrected chi connectivity index (χ0v) is 10.2. The van der Waals surface area contributed by atoms with Crippen molar-refractivity contribution in [2.24, 2.45) is 0 Å². The van der Waals surface area contributed by atoms with E-state index in [1.165, 1.54) is 0 Å². The van der Waals surface area contributed by atoms with Gasteiger partial charge >= 0.3 is 0 Å². The Balaban J connectivity index is 2.03. The van der Waals surface area contributed by atoms with Crippen LogP contribution >= 0.6 is 11.6 Å². The fourth-order valence-corrected chi connectivity index (χ4v) is 1.87. The van der Waals surface area contributed by atoms with Gasteiger partial charge in [0.2, 0.25) is 0 Å². The van der Waals surface area contributed by atoms with Gasteiger partial charge in [0.05, 0.1) is 11.4 Å². The Morgan fingerprint density at radius 2 is 1.83 bits per heavy atom. The smallest absolute Gasteiger partial charge is 0.176 e. The number of nitrogens with one attached hydrogen (secondary N) is 1. The molecule has 0 radical (unpaired) electrons. The molecule has 0 fully saturated rings. The molecule has 0 aliphatic carbocycles. The highest BCUT2D eigenvalue weighted by atomic mass is 35.5. The van der Waals surface area contributed by atoms with Crippen LogP contribution in [0.1, 0.15) is 0 Å². The Morgan fingerprint density at radius 3 is 2.56 bits per heavy atom. The third-order valence-corrected chi connectivity index (χ3v) is 2.89. The average Bonchev–Trinajstić information content (AvgIpc) is 2.94. The molecule has 1 aromatic carbocycles. The molecule has 0 saturated heterocycles. The van der Waals surface area contributed by atoms with Gasteiger partial charge in [-0.25, -0.2) is 9.97 Å². The Labute approximate surface area is 109 Å². The van der Waals surface area contributed by atoms with Crippen molar-refractivity contribution < 1.29 is 0 Å². The summed E-state index contributed by atoms with van der Waals surface area (Å²) in [6.45, 7) is 0. The Kier molecular flexibility index (Phi) is 2.82. The van der Waals surface area contributed by atoms with E-state index >= 15 is 0 Å². The first kappa shape index (κ1) is 11.0. The van der Waals surface area contributed by atoms with Crippen molar-refractivity contribution >= 4 is 11.6 Å². The largest absolute Gasteiger partial charge is 0.359 e. The second-order valence-electron chi connectivity index (χ2n) is 3.86. The lowest BCUT2D eigenvalue weighted by molar-refractivity contribution is 1.16. The number of hydrogen-bond acceptors (Lipinski definition) is 2. The molecule has 3 nitrogen and oxygen atoms in total. The molecule has 0 unspecified atom stereocenters. The lowest BCUT2D eigenvalue weighted by atomic mass is 10.1. The maximum absolute atomic E-state index is 5.87. The molecule has 0 bridgehead atoms. The van der Waals surface area contributed by atoms with Gasteiger partial charge in [0.15, 0.2) is 5.82 Å². The minimum Gasteiger partial charge on any atom is -0.359 e. The van der Waals surface area contributed by atoms with Crippen LogP contribution < -0.4 is 0 Å². The van der Waals surface area contributed by atoms with Crippen molar-refractivity contribution in [2.45, 2.75) is 0 Å². The Morgan fingerprint density at radius 1 is 1.00 bits per heavy atom. The lowest BCUT2D eigenvalue weighted by Gasteiger charge is -2.03. The number of hydrogen-bond donors (Lipinski definition) is 1. The van der Waals surface area contributed by atoms with Crippen LogP contribution in [0.3, 0.4) is 0 Å². The number of rotatable bonds is 2. The lowest BCUT2D eigenvalue weighted by Crippen LogP contribution is -1.91. The van der Waals surface area contributed by atoms with Crippen molar-refractivity contribution in [3.05, 3.63) is 59.9 Å². The third kappa shape index (κ3) is 2.13. The van der Waals surface area contributed by atoms with Crippen molar-refractivity contribution in [1.29, 1.82) is 0 Å². The summed E-state index contributed by atoms with van der Waals surface area (Å²) in [4.78, 5) is 11.9. The van der Waals surface area contributed by atoms with E-state index in [-0.39, 0.29) is 0 Å². The maximum Gasteiger partial charge on any atom is 0.176 e. The number of aromatic nitrogens is 3. The second kappa shape index (κ2) is 4.63. The van der Waals surface area contributed by atoms with Crippen molar-refractivity contribution in [3.8, 4) is 22.8 Å². The van der Waals surface area contributed by atoms with Crippen LogP contribution in [0.15, 0.2) is 54.9 Å². The standard InChI is InChI=1S/C14H10ClN3/c15-11-5-3-10(4-6-11)12-7-9-17-14(18-12)13-2-1-8-16-13/h1-9,16H. The summed E-state index contributed by atoms with van der Waals surface area (Å²) in [5.74, 6) is 0.687. The fraction of sp³-hybridized carbons (Fsp3) is 0. The van der Waals surface area contributed by atoms with E-state index in [0.29, 0.717) is 5.82 Å². The molecule has 2 aromatic heterocycles. The van der Waals surface area contributed by atoms with Crippen LogP contribution in [0.4, 0.5) is 0 Å². The molecule has 88 valence electrons. The van der Waals surface area contributed by atoms with Gasteiger partial charge in [0.1, 0.15) is 0 Å². The molecule has 0 amide bonds. The summed E-state index contributed by atoms with van der Waals surface area (Å²) >= 11 is 5.87. The predicted octanol–water partition coefficient (Wildman–Crippen LogP) is 3.79. The first-order valence-corrected chi connectivity index (χ1v) is 5.93. The molecule has 3 aromatic rings. The van der Waals surface area contributed by atoms with E-state index in [0.717, 1.165) is 22.0 Å². The molecular weight excluding hydrogens is 246 g/mol. The molecule has 0 aliphatic heterocycles. The van der Waals surface area contributed by atoms with E-state index in [1.54, 1.807) is 6.20 Å². The van der Waals surface area contributed by atoms with Crippen LogP contribution in [-0.2, 0) is 0 Å². The van der Waals surface area contributed by atoms with Gasteiger partial charge in [-0.3, -0.25) is 0 Å². The molecule has 0 spiro atoms. The number of H-pyrrole nitrogens is 1. The van der Waals surface area contributed by atoms with Gasteiger partial charge in [0.25, 0.3) is 0 Å². The third-order valence-electron chi connectivity index (χ3n) is 2.63. The van der Waals surface area contributed by atoms with Crippen LogP contribution in [0, 0.1) is 0 Å². The minimum atomic E-state index is 0.687. The molecule has 4 heteroatoms. The number of halogens is 1. The van der Waals surface area contributed by atoms with Crippen molar-refractivity contribution in [1.82, 2.24) is 15.0 Å². The first-order chi connectivity index (χ1) is 8.83.